The third-order valence-corrected chi connectivity index (χ3v) is 5.23. The van der Waals surface area contributed by atoms with Gasteiger partial charge in [-0.3, -0.25) is 10.6 Å². The lowest BCUT2D eigenvalue weighted by Gasteiger charge is -2.50. The maximum absolute atomic E-state index is 3.88. The lowest BCUT2D eigenvalue weighted by atomic mass is 9.79. The molecule has 1 fully saturated rings. The van der Waals surface area contributed by atoms with E-state index >= 15 is 0 Å². The minimum atomic E-state index is 0.0569. The van der Waals surface area contributed by atoms with Crippen molar-refractivity contribution in [2.24, 2.45) is 5.92 Å². The molecule has 1 aliphatic carbocycles. The molecule has 0 radical (unpaired) electrons. The van der Waals surface area contributed by atoms with Gasteiger partial charge in [0.25, 0.3) is 0 Å². The third-order valence-electron chi connectivity index (χ3n) is 4.28. The van der Waals surface area contributed by atoms with Gasteiger partial charge < -0.3 is 4.98 Å². The summed E-state index contributed by atoms with van der Waals surface area (Å²) in [5.74, 6) is 0.724. The first-order valence-electron chi connectivity index (χ1n) is 8.01. The second-order valence-electron chi connectivity index (χ2n) is 7.29. The molecule has 0 saturated heterocycles. The summed E-state index contributed by atoms with van der Waals surface area (Å²) in [6, 6.07) is 1.01. The standard InChI is InChI=1S/C15H35N3Si/c1-11(2)10-14(18-19)8-7-9-15(14,16-12(3)4)17-13(5)6/h11-13,16-18H,7-10H2,1-6,19H3. The number of rotatable bonds is 7. The highest BCUT2D eigenvalue weighted by atomic mass is 28.2. The van der Waals surface area contributed by atoms with Crippen LogP contribution in [-0.4, -0.2) is 33.7 Å². The molecule has 1 rings (SSSR count). The Morgan fingerprint density at radius 1 is 0.947 bits per heavy atom. The molecule has 0 aliphatic heterocycles. The highest BCUT2D eigenvalue weighted by Gasteiger charge is 2.54. The van der Waals surface area contributed by atoms with E-state index in [4.69, 9.17) is 0 Å². The Kier molecular flexibility index (Phi) is 6.05. The van der Waals surface area contributed by atoms with Crippen molar-refractivity contribution in [1.29, 1.82) is 0 Å². The Morgan fingerprint density at radius 3 is 1.84 bits per heavy atom. The fourth-order valence-corrected chi connectivity index (χ4v) is 4.85. The predicted octanol–water partition coefficient (Wildman–Crippen LogP) is 1.52. The summed E-state index contributed by atoms with van der Waals surface area (Å²) in [5, 5.41) is 7.76. The van der Waals surface area contributed by atoms with E-state index in [9.17, 15) is 0 Å². The SMILES string of the molecule is CC(C)CC1(N[SiH3])CCCC1(NC(C)C)NC(C)C. The number of nitrogens with one attached hydrogen (secondary N) is 3. The molecule has 1 unspecified atom stereocenters. The van der Waals surface area contributed by atoms with Gasteiger partial charge in [-0.15, -0.1) is 0 Å². The lowest BCUT2D eigenvalue weighted by Crippen LogP contribution is -2.75. The molecule has 0 amide bonds. The molecule has 19 heavy (non-hydrogen) atoms. The maximum atomic E-state index is 3.88. The maximum Gasteiger partial charge on any atom is 0.0871 e. The van der Waals surface area contributed by atoms with Crippen LogP contribution < -0.4 is 15.6 Å². The van der Waals surface area contributed by atoms with Crippen molar-refractivity contribution in [3.63, 3.8) is 0 Å². The van der Waals surface area contributed by atoms with Gasteiger partial charge in [0.1, 0.15) is 0 Å². The largest absolute Gasteiger partial charge is 0.338 e. The number of hydrogen-bond acceptors (Lipinski definition) is 3. The van der Waals surface area contributed by atoms with E-state index in [1.807, 2.05) is 0 Å². The highest BCUT2D eigenvalue weighted by Crippen LogP contribution is 2.42. The van der Waals surface area contributed by atoms with Crippen LogP contribution in [0.5, 0.6) is 0 Å². The molecule has 4 heteroatoms. The van der Waals surface area contributed by atoms with Gasteiger partial charge in [0.05, 0.1) is 16.1 Å². The van der Waals surface area contributed by atoms with Crippen molar-refractivity contribution in [3.05, 3.63) is 0 Å². The van der Waals surface area contributed by atoms with E-state index in [2.05, 4.69) is 57.2 Å². The van der Waals surface area contributed by atoms with Gasteiger partial charge in [-0.05, 0) is 59.3 Å². The average molecular weight is 286 g/mol. The van der Waals surface area contributed by atoms with Gasteiger partial charge >= 0.3 is 0 Å². The predicted molar refractivity (Wildman–Crippen MR) is 88.4 cm³/mol. The summed E-state index contributed by atoms with van der Waals surface area (Å²) < 4.78 is 0. The fraction of sp³-hybridized carbons (Fsp3) is 1.00. The Hall–Kier alpha value is 0.0969. The van der Waals surface area contributed by atoms with Gasteiger partial charge in [0, 0.05) is 17.6 Å². The zero-order valence-corrected chi connectivity index (χ0v) is 16.1. The highest BCUT2D eigenvalue weighted by molar-refractivity contribution is 6.05. The van der Waals surface area contributed by atoms with Gasteiger partial charge in [-0.1, -0.05) is 13.8 Å². The van der Waals surface area contributed by atoms with Crippen LogP contribution >= 0.6 is 0 Å². The molecular formula is C15H35N3Si. The molecular weight excluding hydrogens is 250 g/mol. The number of hydrogen-bond donors (Lipinski definition) is 3. The molecule has 114 valence electrons. The molecule has 3 nitrogen and oxygen atoms in total. The molecule has 1 saturated carbocycles. The van der Waals surface area contributed by atoms with Gasteiger partial charge in [-0.25, -0.2) is 0 Å². The average Bonchev–Trinajstić information content (AvgIpc) is 2.54. The van der Waals surface area contributed by atoms with Crippen LogP contribution in [0.1, 0.15) is 67.2 Å². The van der Waals surface area contributed by atoms with E-state index < -0.39 is 0 Å². The Balaban J connectivity index is 3.08. The van der Waals surface area contributed by atoms with E-state index in [-0.39, 0.29) is 11.2 Å². The van der Waals surface area contributed by atoms with Crippen LogP contribution in [0.25, 0.3) is 0 Å². The molecule has 0 heterocycles. The first-order chi connectivity index (χ1) is 8.77. The first-order valence-corrected chi connectivity index (χ1v) is 9.01. The summed E-state index contributed by atoms with van der Waals surface area (Å²) in [4.78, 5) is 3.82. The second kappa shape index (κ2) is 6.70. The van der Waals surface area contributed by atoms with Gasteiger partial charge in [0.15, 0.2) is 0 Å². The molecule has 0 spiro atoms. The van der Waals surface area contributed by atoms with Crippen LogP contribution in [-0.2, 0) is 0 Å². The summed E-state index contributed by atoms with van der Waals surface area (Å²) >= 11 is 0. The molecule has 1 aliphatic rings. The van der Waals surface area contributed by atoms with Crippen LogP contribution in [0.4, 0.5) is 0 Å². The van der Waals surface area contributed by atoms with Crippen molar-refractivity contribution in [1.82, 2.24) is 15.6 Å². The van der Waals surface area contributed by atoms with Crippen LogP contribution in [0, 0.1) is 5.92 Å². The van der Waals surface area contributed by atoms with E-state index in [0.717, 1.165) is 16.3 Å². The van der Waals surface area contributed by atoms with Crippen LogP contribution in [0.3, 0.4) is 0 Å². The van der Waals surface area contributed by atoms with Crippen molar-refractivity contribution < 1.29 is 0 Å². The third kappa shape index (κ3) is 3.81. The molecule has 0 bridgehead atoms. The van der Waals surface area contributed by atoms with Gasteiger partial charge in [0.2, 0.25) is 0 Å². The molecule has 1 atom stereocenters. The molecule has 0 aromatic carbocycles. The van der Waals surface area contributed by atoms with Crippen LogP contribution in [0.2, 0.25) is 0 Å². The summed E-state index contributed by atoms with van der Waals surface area (Å²) in [7, 11) is 1.05. The van der Waals surface area contributed by atoms with E-state index in [0.29, 0.717) is 12.1 Å². The minimum absolute atomic E-state index is 0.0569. The Labute approximate surface area is 123 Å². The second-order valence-corrected chi connectivity index (χ2v) is 7.79. The van der Waals surface area contributed by atoms with Crippen molar-refractivity contribution in [2.75, 3.05) is 0 Å². The summed E-state index contributed by atoms with van der Waals surface area (Å²) in [6.45, 7) is 13.7. The van der Waals surface area contributed by atoms with Crippen LogP contribution in [0.15, 0.2) is 0 Å². The van der Waals surface area contributed by atoms with Crippen molar-refractivity contribution >= 4 is 10.4 Å². The van der Waals surface area contributed by atoms with E-state index in [1.165, 1.54) is 25.7 Å². The Bertz CT molecular complexity index is 269. The zero-order valence-electron chi connectivity index (χ0n) is 14.1. The van der Waals surface area contributed by atoms with Gasteiger partial charge in [-0.2, -0.15) is 0 Å². The molecule has 3 N–H and O–H groups in total. The lowest BCUT2D eigenvalue weighted by molar-refractivity contribution is 0.100. The zero-order chi connectivity index (χ0) is 14.7. The quantitative estimate of drug-likeness (QED) is 0.490. The monoisotopic (exact) mass is 285 g/mol. The Morgan fingerprint density at radius 2 is 1.47 bits per heavy atom. The molecule has 0 aromatic rings. The fourth-order valence-electron chi connectivity index (χ4n) is 3.97. The topological polar surface area (TPSA) is 36.1 Å². The minimum Gasteiger partial charge on any atom is -0.338 e. The van der Waals surface area contributed by atoms with E-state index in [1.54, 1.807) is 0 Å². The first kappa shape index (κ1) is 17.1. The normalized spacial score (nSPS) is 27.0. The summed E-state index contributed by atoms with van der Waals surface area (Å²) in [6.07, 6.45) is 5.07. The smallest absolute Gasteiger partial charge is 0.0871 e. The van der Waals surface area contributed by atoms with Crippen molar-refractivity contribution in [2.45, 2.75) is 90.5 Å². The summed E-state index contributed by atoms with van der Waals surface area (Å²) in [5.41, 5.74) is 0.281. The van der Waals surface area contributed by atoms with Crippen molar-refractivity contribution in [3.8, 4) is 0 Å². The molecule has 0 aromatic heterocycles.